The molecule has 6 nitrogen and oxygen atoms in total. The van der Waals surface area contributed by atoms with Crippen LogP contribution in [0.2, 0.25) is 0 Å². The van der Waals surface area contributed by atoms with Gasteiger partial charge in [-0.05, 0) is 43.9 Å². The van der Waals surface area contributed by atoms with Gasteiger partial charge in [0.15, 0.2) is 0 Å². The Hall–Kier alpha value is -1.95. The van der Waals surface area contributed by atoms with Gasteiger partial charge in [0.25, 0.3) is 0 Å². The average Bonchev–Trinajstić information content (AvgIpc) is 3.29. The van der Waals surface area contributed by atoms with Crippen LogP contribution in [0.1, 0.15) is 102 Å². The first-order valence-corrected chi connectivity index (χ1v) is 13.4. The molecule has 6 heteroatoms. The highest BCUT2D eigenvalue weighted by Gasteiger charge is 2.30. The van der Waals surface area contributed by atoms with Gasteiger partial charge in [0, 0.05) is 38.4 Å². The molecule has 0 aromatic carbocycles. The third kappa shape index (κ3) is 12.2. The lowest BCUT2D eigenvalue weighted by Gasteiger charge is -2.23. The number of pyridine rings is 1. The smallest absolute Gasteiger partial charge is 0.237 e. The summed E-state index contributed by atoms with van der Waals surface area (Å²) in [5, 5.41) is 6.05. The van der Waals surface area contributed by atoms with Crippen molar-refractivity contribution in [2.75, 3.05) is 19.6 Å². The number of carbonyl (C=O) groups is 2. The molecular formula is C27H46N4O2. The maximum Gasteiger partial charge on any atom is 0.237 e. The SMILES string of the molecule is CCCCCCCCCCCCNC(=O)CCCNC(=O)C1CCCN1Cc1cccnc1. The van der Waals surface area contributed by atoms with Crippen LogP contribution in [-0.2, 0) is 16.1 Å². The number of nitrogens with zero attached hydrogens (tertiary/aromatic N) is 2. The number of rotatable bonds is 18. The Morgan fingerprint density at radius 3 is 2.36 bits per heavy atom. The van der Waals surface area contributed by atoms with Crippen molar-refractivity contribution in [3.05, 3.63) is 30.1 Å². The van der Waals surface area contributed by atoms with E-state index in [4.69, 9.17) is 0 Å². The lowest BCUT2D eigenvalue weighted by Crippen LogP contribution is -2.43. The quantitative estimate of drug-likeness (QED) is 0.304. The molecule has 0 bridgehead atoms. The molecule has 2 amide bonds. The molecule has 0 aliphatic carbocycles. The van der Waals surface area contributed by atoms with Crippen molar-refractivity contribution in [2.45, 2.75) is 109 Å². The fourth-order valence-corrected chi connectivity index (χ4v) is 4.55. The normalized spacial score (nSPS) is 16.1. The van der Waals surface area contributed by atoms with E-state index < -0.39 is 0 Å². The predicted molar refractivity (Wildman–Crippen MR) is 135 cm³/mol. The second-order valence-corrected chi connectivity index (χ2v) is 9.42. The molecule has 1 aromatic rings. The Kier molecular flexibility index (Phi) is 14.5. The number of unbranched alkanes of at least 4 members (excludes halogenated alkanes) is 9. The molecule has 1 saturated heterocycles. The lowest BCUT2D eigenvalue weighted by molar-refractivity contribution is -0.126. The Morgan fingerprint density at radius 2 is 1.67 bits per heavy atom. The first-order valence-electron chi connectivity index (χ1n) is 13.4. The van der Waals surface area contributed by atoms with Gasteiger partial charge in [-0.3, -0.25) is 19.5 Å². The van der Waals surface area contributed by atoms with E-state index in [1.807, 2.05) is 12.3 Å². The molecule has 1 aromatic heterocycles. The number of hydrogen-bond donors (Lipinski definition) is 2. The molecular weight excluding hydrogens is 412 g/mol. The zero-order valence-corrected chi connectivity index (χ0v) is 20.8. The summed E-state index contributed by atoms with van der Waals surface area (Å²) >= 11 is 0. The highest BCUT2D eigenvalue weighted by molar-refractivity contribution is 5.82. The summed E-state index contributed by atoms with van der Waals surface area (Å²) in [6.45, 7) is 5.28. The first-order chi connectivity index (χ1) is 16.2. The second-order valence-electron chi connectivity index (χ2n) is 9.42. The zero-order chi connectivity index (χ0) is 23.6. The third-order valence-electron chi connectivity index (χ3n) is 6.51. The second kappa shape index (κ2) is 17.5. The van der Waals surface area contributed by atoms with Gasteiger partial charge in [0.05, 0.1) is 6.04 Å². The number of aromatic nitrogens is 1. The summed E-state index contributed by atoms with van der Waals surface area (Å²) in [6, 6.07) is 3.91. The summed E-state index contributed by atoms with van der Waals surface area (Å²) in [7, 11) is 0. The van der Waals surface area contributed by atoms with E-state index in [0.29, 0.717) is 19.4 Å². The van der Waals surface area contributed by atoms with Crippen LogP contribution in [0, 0.1) is 0 Å². The summed E-state index contributed by atoms with van der Waals surface area (Å²) in [5.41, 5.74) is 1.14. The summed E-state index contributed by atoms with van der Waals surface area (Å²) < 4.78 is 0. The van der Waals surface area contributed by atoms with E-state index >= 15 is 0 Å². The number of nitrogens with one attached hydrogen (secondary N) is 2. The number of carbonyl (C=O) groups excluding carboxylic acids is 2. The topological polar surface area (TPSA) is 74.3 Å². The van der Waals surface area contributed by atoms with Crippen molar-refractivity contribution in [3.63, 3.8) is 0 Å². The van der Waals surface area contributed by atoms with Crippen molar-refractivity contribution < 1.29 is 9.59 Å². The monoisotopic (exact) mass is 458 g/mol. The molecule has 1 fully saturated rings. The van der Waals surface area contributed by atoms with Gasteiger partial charge in [-0.15, -0.1) is 0 Å². The first kappa shape index (κ1) is 27.3. The lowest BCUT2D eigenvalue weighted by atomic mass is 10.1. The van der Waals surface area contributed by atoms with Crippen molar-refractivity contribution in [3.8, 4) is 0 Å². The Labute approximate surface area is 201 Å². The van der Waals surface area contributed by atoms with E-state index in [9.17, 15) is 9.59 Å². The van der Waals surface area contributed by atoms with Gasteiger partial charge in [-0.25, -0.2) is 0 Å². The highest BCUT2D eigenvalue weighted by Crippen LogP contribution is 2.20. The van der Waals surface area contributed by atoms with Crippen molar-refractivity contribution in [2.24, 2.45) is 0 Å². The number of likely N-dealkylation sites (tertiary alicyclic amines) is 1. The molecule has 33 heavy (non-hydrogen) atoms. The van der Waals surface area contributed by atoms with Crippen molar-refractivity contribution >= 4 is 11.8 Å². The molecule has 1 unspecified atom stereocenters. The van der Waals surface area contributed by atoms with Crippen LogP contribution in [-0.4, -0.2) is 47.4 Å². The van der Waals surface area contributed by atoms with E-state index in [1.54, 1.807) is 6.20 Å². The average molecular weight is 459 g/mol. The van der Waals surface area contributed by atoms with Crippen LogP contribution in [0.4, 0.5) is 0 Å². The maximum atomic E-state index is 12.6. The minimum Gasteiger partial charge on any atom is -0.356 e. The Balaban J connectivity index is 1.44. The Bertz CT molecular complexity index is 653. The van der Waals surface area contributed by atoms with Gasteiger partial charge < -0.3 is 10.6 Å². The highest BCUT2D eigenvalue weighted by atomic mass is 16.2. The van der Waals surface area contributed by atoms with Crippen LogP contribution in [0.25, 0.3) is 0 Å². The molecule has 2 N–H and O–H groups in total. The van der Waals surface area contributed by atoms with Crippen LogP contribution < -0.4 is 10.6 Å². The zero-order valence-electron chi connectivity index (χ0n) is 20.8. The Morgan fingerprint density at radius 1 is 0.970 bits per heavy atom. The molecule has 2 rings (SSSR count). The molecule has 1 atom stereocenters. The van der Waals surface area contributed by atoms with Gasteiger partial charge in [0.1, 0.15) is 0 Å². The standard InChI is InChI=1S/C27H46N4O2/c1-2-3-4-5-6-7-8-9-10-11-19-29-26(32)17-13-20-30-27(33)25-16-14-21-31(25)23-24-15-12-18-28-22-24/h12,15,18,22,25H,2-11,13-14,16-17,19-21,23H2,1H3,(H,29,32)(H,30,33). The van der Waals surface area contributed by atoms with Gasteiger partial charge >= 0.3 is 0 Å². The van der Waals surface area contributed by atoms with Crippen molar-refractivity contribution in [1.29, 1.82) is 0 Å². The van der Waals surface area contributed by atoms with Gasteiger partial charge in [0.2, 0.25) is 11.8 Å². The summed E-state index contributed by atoms with van der Waals surface area (Å²) in [4.78, 5) is 31.0. The van der Waals surface area contributed by atoms with Crippen LogP contribution >= 0.6 is 0 Å². The molecule has 0 radical (unpaired) electrons. The minimum atomic E-state index is -0.0737. The number of hydrogen-bond acceptors (Lipinski definition) is 4. The third-order valence-corrected chi connectivity index (χ3v) is 6.51. The molecule has 1 aliphatic rings. The molecule has 0 spiro atoms. The van der Waals surface area contributed by atoms with E-state index in [0.717, 1.165) is 44.5 Å². The summed E-state index contributed by atoms with van der Waals surface area (Å²) in [6.07, 6.45) is 19.8. The molecule has 0 saturated carbocycles. The molecule has 1 aliphatic heterocycles. The number of amides is 2. The van der Waals surface area contributed by atoms with E-state index in [-0.39, 0.29) is 17.9 Å². The molecule has 186 valence electrons. The fraction of sp³-hybridized carbons (Fsp3) is 0.741. The van der Waals surface area contributed by atoms with Crippen LogP contribution in [0.3, 0.4) is 0 Å². The van der Waals surface area contributed by atoms with Gasteiger partial charge in [-0.1, -0.05) is 70.8 Å². The van der Waals surface area contributed by atoms with Crippen LogP contribution in [0.15, 0.2) is 24.5 Å². The van der Waals surface area contributed by atoms with E-state index in [1.165, 1.54) is 57.8 Å². The minimum absolute atomic E-state index is 0.0737. The van der Waals surface area contributed by atoms with Crippen LogP contribution in [0.5, 0.6) is 0 Å². The van der Waals surface area contributed by atoms with Crippen molar-refractivity contribution in [1.82, 2.24) is 20.5 Å². The maximum absolute atomic E-state index is 12.6. The fourth-order valence-electron chi connectivity index (χ4n) is 4.55. The summed E-state index contributed by atoms with van der Waals surface area (Å²) in [5.74, 6) is 0.182. The molecule has 2 heterocycles. The predicted octanol–water partition coefficient (Wildman–Crippen LogP) is 4.98. The van der Waals surface area contributed by atoms with Gasteiger partial charge in [-0.2, -0.15) is 0 Å². The largest absolute Gasteiger partial charge is 0.356 e. The van der Waals surface area contributed by atoms with E-state index in [2.05, 4.69) is 33.5 Å².